The fraction of sp³-hybridized carbons (Fsp3) is 0.333. The lowest BCUT2D eigenvalue weighted by atomic mass is 9.98. The van der Waals surface area contributed by atoms with E-state index in [4.69, 9.17) is 4.43 Å². The minimum absolute atomic E-state index is 0.138. The Morgan fingerprint density at radius 3 is 2.15 bits per heavy atom. The van der Waals surface area contributed by atoms with E-state index >= 15 is 0 Å². The van der Waals surface area contributed by atoms with Crippen molar-refractivity contribution >= 4 is 13.5 Å². The molecule has 0 aromatic heterocycles. The summed E-state index contributed by atoms with van der Waals surface area (Å²) in [5.41, 5.74) is 4.05. The van der Waals surface area contributed by atoms with Crippen molar-refractivity contribution in [1.82, 2.24) is 0 Å². The van der Waals surface area contributed by atoms with E-state index in [9.17, 15) is 0 Å². The maximum Gasteiger partial charge on any atom is 0.225 e. The van der Waals surface area contributed by atoms with Crippen molar-refractivity contribution < 1.29 is 4.43 Å². The Morgan fingerprint density at radius 1 is 0.900 bits per heavy atom. The van der Waals surface area contributed by atoms with Crippen molar-refractivity contribution in [3.8, 4) is 0 Å². The van der Waals surface area contributed by atoms with Crippen molar-refractivity contribution in [2.45, 2.75) is 39.0 Å². The van der Waals surface area contributed by atoms with Gasteiger partial charge in [-0.1, -0.05) is 62.4 Å². The van der Waals surface area contributed by atoms with Gasteiger partial charge in [0, 0.05) is 0 Å². The van der Waals surface area contributed by atoms with E-state index in [1.54, 1.807) is 0 Å². The zero-order chi connectivity index (χ0) is 14.2. The molecule has 0 unspecified atom stereocenters. The number of rotatable bonds is 3. The molecule has 0 spiro atoms. The van der Waals surface area contributed by atoms with Gasteiger partial charge in [-0.15, -0.1) is 0 Å². The van der Waals surface area contributed by atoms with Gasteiger partial charge in [0.05, 0.1) is 6.10 Å². The largest absolute Gasteiger partial charge is 0.401 e. The minimum atomic E-state index is -1.77. The Hall–Kier alpha value is -1.38. The lowest BCUT2D eigenvalue weighted by Crippen LogP contribution is -2.45. The molecule has 0 saturated heterocycles. The Kier molecular flexibility index (Phi) is 3.53. The van der Waals surface area contributed by atoms with Crippen LogP contribution in [0.15, 0.2) is 48.5 Å². The maximum absolute atomic E-state index is 6.72. The van der Waals surface area contributed by atoms with E-state index in [1.165, 1.54) is 21.9 Å². The average molecular weight is 282 g/mol. The zero-order valence-electron chi connectivity index (χ0n) is 12.5. The fourth-order valence-corrected chi connectivity index (χ4v) is 6.97. The molecule has 0 fully saturated rings. The molecule has 20 heavy (non-hydrogen) atoms. The summed E-state index contributed by atoms with van der Waals surface area (Å²) in [6.07, 6.45) is 0.138. The summed E-state index contributed by atoms with van der Waals surface area (Å²) in [5, 5.41) is 1.51. The lowest BCUT2D eigenvalue weighted by molar-refractivity contribution is 0.252. The third-order valence-electron chi connectivity index (χ3n) is 4.69. The third kappa shape index (κ3) is 1.95. The highest BCUT2D eigenvalue weighted by atomic mass is 28.4. The molecule has 104 valence electrons. The molecule has 1 aliphatic rings. The predicted molar refractivity (Wildman–Crippen MR) is 86.9 cm³/mol. The fourth-order valence-electron chi connectivity index (χ4n) is 3.40. The number of aryl methyl sites for hydroxylation is 1. The van der Waals surface area contributed by atoms with E-state index in [2.05, 4.69) is 69.3 Å². The Balaban J connectivity index is 2.15. The van der Waals surface area contributed by atoms with Gasteiger partial charge in [0.25, 0.3) is 0 Å². The molecule has 2 heteroatoms. The second kappa shape index (κ2) is 5.19. The second-order valence-electron chi connectivity index (χ2n) is 5.64. The monoisotopic (exact) mass is 282 g/mol. The smallest absolute Gasteiger partial charge is 0.225 e. The number of benzene rings is 2. The van der Waals surface area contributed by atoms with Crippen LogP contribution in [0.2, 0.25) is 12.1 Å². The molecule has 1 heterocycles. The molecule has 0 N–H and O–H groups in total. The Labute approximate surface area is 122 Å². The van der Waals surface area contributed by atoms with Crippen LogP contribution in [0.3, 0.4) is 0 Å². The van der Waals surface area contributed by atoms with Gasteiger partial charge in [-0.2, -0.15) is 0 Å². The van der Waals surface area contributed by atoms with E-state index in [0.717, 1.165) is 12.1 Å². The van der Waals surface area contributed by atoms with Crippen LogP contribution in [0.5, 0.6) is 0 Å². The molecule has 0 radical (unpaired) electrons. The first kappa shape index (κ1) is 13.6. The van der Waals surface area contributed by atoms with Gasteiger partial charge in [0.1, 0.15) is 0 Å². The Bertz CT molecular complexity index is 616. The van der Waals surface area contributed by atoms with Crippen molar-refractivity contribution in [2.24, 2.45) is 0 Å². The summed E-state index contributed by atoms with van der Waals surface area (Å²) < 4.78 is 6.72. The molecule has 0 saturated carbocycles. The summed E-state index contributed by atoms with van der Waals surface area (Å²) in [7, 11) is -1.77. The molecule has 0 bridgehead atoms. The topological polar surface area (TPSA) is 9.23 Å². The van der Waals surface area contributed by atoms with Crippen LogP contribution in [0.4, 0.5) is 0 Å². The van der Waals surface area contributed by atoms with E-state index < -0.39 is 8.32 Å². The second-order valence-corrected chi connectivity index (χ2v) is 9.82. The van der Waals surface area contributed by atoms with Gasteiger partial charge in [-0.3, -0.25) is 0 Å². The first-order valence-electron chi connectivity index (χ1n) is 7.54. The van der Waals surface area contributed by atoms with Crippen molar-refractivity contribution in [1.29, 1.82) is 0 Å². The van der Waals surface area contributed by atoms with Gasteiger partial charge in [-0.25, -0.2) is 0 Å². The third-order valence-corrected chi connectivity index (χ3v) is 9.10. The van der Waals surface area contributed by atoms with E-state index in [-0.39, 0.29) is 6.10 Å². The summed E-state index contributed by atoms with van der Waals surface area (Å²) in [5.74, 6) is 0. The zero-order valence-corrected chi connectivity index (χ0v) is 13.5. The maximum atomic E-state index is 6.72. The first-order valence-corrected chi connectivity index (χ1v) is 9.87. The highest BCUT2D eigenvalue weighted by Gasteiger charge is 2.45. The normalized spacial score (nSPS) is 19.9. The van der Waals surface area contributed by atoms with Crippen LogP contribution >= 0.6 is 0 Å². The summed E-state index contributed by atoms with van der Waals surface area (Å²) in [4.78, 5) is 0. The van der Waals surface area contributed by atoms with Crippen molar-refractivity contribution in [3.63, 3.8) is 0 Å². The molecular formula is C18H22OSi. The Morgan fingerprint density at radius 2 is 1.50 bits per heavy atom. The molecule has 3 rings (SSSR count). The van der Waals surface area contributed by atoms with Crippen LogP contribution in [0.1, 0.15) is 36.6 Å². The van der Waals surface area contributed by atoms with Gasteiger partial charge < -0.3 is 4.43 Å². The van der Waals surface area contributed by atoms with Gasteiger partial charge in [-0.05, 0) is 40.9 Å². The molecular weight excluding hydrogens is 260 g/mol. The van der Waals surface area contributed by atoms with Gasteiger partial charge in [0.15, 0.2) is 0 Å². The van der Waals surface area contributed by atoms with Crippen LogP contribution < -0.4 is 5.19 Å². The molecule has 2 aromatic rings. The van der Waals surface area contributed by atoms with Gasteiger partial charge in [0.2, 0.25) is 8.32 Å². The quantitative estimate of drug-likeness (QED) is 0.762. The standard InChI is InChI=1S/C18H22OSi/c1-4-20(5-2)17-13-9-8-12-16(17)18(19-20)15-11-7-6-10-14(15)3/h6-13,18H,4-5H2,1-3H3/t18-/m1/s1. The SMILES string of the molecule is CC[Si]1(CC)O[C@H](c2ccccc2C)c2ccccc21. The van der Waals surface area contributed by atoms with Crippen molar-refractivity contribution in [3.05, 3.63) is 65.2 Å². The highest BCUT2D eigenvalue weighted by Crippen LogP contribution is 2.39. The lowest BCUT2D eigenvalue weighted by Gasteiger charge is -2.25. The van der Waals surface area contributed by atoms with Crippen LogP contribution in [0, 0.1) is 6.92 Å². The summed E-state index contributed by atoms with van der Waals surface area (Å²) in [6.45, 7) is 6.75. The molecule has 1 atom stereocenters. The summed E-state index contributed by atoms with van der Waals surface area (Å²) >= 11 is 0. The van der Waals surface area contributed by atoms with E-state index in [0.29, 0.717) is 0 Å². The predicted octanol–water partition coefficient (Wildman–Crippen LogP) is 4.31. The minimum Gasteiger partial charge on any atom is -0.401 e. The molecule has 0 amide bonds. The van der Waals surface area contributed by atoms with Gasteiger partial charge >= 0.3 is 0 Å². The molecule has 1 aliphatic heterocycles. The van der Waals surface area contributed by atoms with Crippen LogP contribution in [-0.4, -0.2) is 8.32 Å². The molecule has 0 aliphatic carbocycles. The first-order chi connectivity index (χ1) is 9.72. The number of fused-ring (bicyclic) bond motifs is 1. The highest BCUT2D eigenvalue weighted by molar-refractivity contribution is 6.87. The van der Waals surface area contributed by atoms with Crippen LogP contribution in [-0.2, 0) is 4.43 Å². The van der Waals surface area contributed by atoms with E-state index in [1.807, 2.05) is 0 Å². The summed E-state index contributed by atoms with van der Waals surface area (Å²) in [6, 6.07) is 19.8. The van der Waals surface area contributed by atoms with Crippen molar-refractivity contribution in [2.75, 3.05) is 0 Å². The number of hydrogen-bond acceptors (Lipinski definition) is 1. The molecule has 2 aromatic carbocycles. The molecule has 1 nitrogen and oxygen atoms in total. The number of hydrogen-bond donors (Lipinski definition) is 0. The average Bonchev–Trinajstić information content (AvgIpc) is 2.83. The van der Waals surface area contributed by atoms with Crippen LogP contribution in [0.25, 0.3) is 0 Å².